The van der Waals surface area contributed by atoms with Crippen LogP contribution in [0.3, 0.4) is 0 Å². The summed E-state index contributed by atoms with van der Waals surface area (Å²) in [6.07, 6.45) is 0. The smallest absolute Gasteiger partial charge is 0.252 e. The fourth-order valence-electron chi connectivity index (χ4n) is 1.32. The molecule has 0 radical (unpaired) electrons. The van der Waals surface area contributed by atoms with Crippen molar-refractivity contribution >= 4 is 39.7 Å². The summed E-state index contributed by atoms with van der Waals surface area (Å²) in [4.78, 5) is 16.6. The van der Waals surface area contributed by atoms with Gasteiger partial charge in [0.2, 0.25) is 0 Å². The van der Waals surface area contributed by atoms with Crippen molar-refractivity contribution in [2.45, 2.75) is 0 Å². The standard InChI is InChI=1S/C10H6BrClN2OS/c11-5-1-2-6(7(12)3-5)8-4-9(15)14-10(16)13-8/h1-4H,(H2,13,14,15,16). The SMILES string of the molecule is O=c1cc(-c2ccc(Br)cc2Cl)[nH]c(=S)[nH]1. The van der Waals surface area contributed by atoms with E-state index in [2.05, 4.69) is 25.9 Å². The molecule has 0 atom stereocenters. The second-order valence-corrected chi connectivity index (χ2v) is 4.86. The van der Waals surface area contributed by atoms with E-state index in [9.17, 15) is 4.79 Å². The quantitative estimate of drug-likeness (QED) is 0.791. The molecule has 1 aromatic heterocycles. The molecule has 82 valence electrons. The zero-order valence-corrected chi connectivity index (χ0v) is 11.0. The molecule has 16 heavy (non-hydrogen) atoms. The molecular weight excluding hydrogens is 312 g/mol. The maximum atomic E-state index is 11.3. The highest BCUT2D eigenvalue weighted by Crippen LogP contribution is 2.28. The Morgan fingerprint density at radius 1 is 1.25 bits per heavy atom. The summed E-state index contributed by atoms with van der Waals surface area (Å²) in [5.74, 6) is 0. The van der Waals surface area contributed by atoms with Crippen LogP contribution in [0.5, 0.6) is 0 Å². The van der Waals surface area contributed by atoms with Crippen LogP contribution >= 0.6 is 39.7 Å². The first kappa shape index (κ1) is 11.6. The van der Waals surface area contributed by atoms with Crippen molar-refractivity contribution in [3.05, 3.63) is 48.9 Å². The zero-order chi connectivity index (χ0) is 11.7. The lowest BCUT2D eigenvalue weighted by atomic mass is 10.1. The molecule has 0 spiro atoms. The molecule has 0 saturated heterocycles. The largest absolute Gasteiger partial charge is 0.332 e. The molecule has 0 aliphatic carbocycles. The number of halogens is 2. The van der Waals surface area contributed by atoms with Crippen molar-refractivity contribution < 1.29 is 0 Å². The monoisotopic (exact) mass is 316 g/mol. The van der Waals surface area contributed by atoms with Gasteiger partial charge in [0.05, 0.1) is 10.7 Å². The average molecular weight is 318 g/mol. The number of H-pyrrole nitrogens is 2. The molecule has 0 bridgehead atoms. The molecule has 3 nitrogen and oxygen atoms in total. The second-order valence-electron chi connectivity index (χ2n) is 3.13. The number of aromatic amines is 2. The molecule has 0 unspecified atom stereocenters. The summed E-state index contributed by atoms with van der Waals surface area (Å²) in [5.41, 5.74) is 1.09. The van der Waals surface area contributed by atoms with E-state index in [1.54, 1.807) is 6.07 Å². The Morgan fingerprint density at radius 2 is 2.00 bits per heavy atom. The van der Waals surface area contributed by atoms with Crippen molar-refractivity contribution in [1.29, 1.82) is 0 Å². The molecule has 0 aliphatic heterocycles. The van der Waals surface area contributed by atoms with Gasteiger partial charge in [-0.25, -0.2) is 0 Å². The lowest BCUT2D eigenvalue weighted by Crippen LogP contribution is -2.06. The van der Waals surface area contributed by atoms with E-state index in [1.165, 1.54) is 6.07 Å². The minimum Gasteiger partial charge on any atom is -0.332 e. The molecule has 1 heterocycles. The summed E-state index contributed by atoms with van der Waals surface area (Å²) in [6.45, 7) is 0. The van der Waals surface area contributed by atoms with Gasteiger partial charge in [-0.05, 0) is 24.4 Å². The van der Waals surface area contributed by atoms with Crippen molar-refractivity contribution in [2.24, 2.45) is 0 Å². The Bertz CT molecular complexity index is 622. The molecule has 0 saturated carbocycles. The van der Waals surface area contributed by atoms with Gasteiger partial charge < -0.3 is 4.98 Å². The molecule has 1 aromatic carbocycles. The fourth-order valence-corrected chi connectivity index (χ4v) is 2.31. The number of nitrogens with one attached hydrogen (secondary N) is 2. The number of benzene rings is 1. The maximum Gasteiger partial charge on any atom is 0.252 e. The van der Waals surface area contributed by atoms with Crippen LogP contribution in [0.25, 0.3) is 11.3 Å². The molecule has 6 heteroatoms. The highest BCUT2D eigenvalue weighted by molar-refractivity contribution is 9.10. The average Bonchev–Trinajstić information content (AvgIpc) is 2.15. The van der Waals surface area contributed by atoms with E-state index < -0.39 is 0 Å². The number of aromatic nitrogens is 2. The topological polar surface area (TPSA) is 48.6 Å². The molecule has 0 fully saturated rings. The summed E-state index contributed by atoms with van der Waals surface area (Å²) < 4.78 is 1.16. The van der Waals surface area contributed by atoms with E-state index in [-0.39, 0.29) is 10.3 Å². The van der Waals surface area contributed by atoms with Gasteiger partial charge in [-0.3, -0.25) is 9.78 Å². The van der Waals surface area contributed by atoms with Crippen molar-refractivity contribution in [2.75, 3.05) is 0 Å². The predicted octanol–water partition coefficient (Wildman–Crippen LogP) is 3.52. The van der Waals surface area contributed by atoms with E-state index >= 15 is 0 Å². The highest BCUT2D eigenvalue weighted by Gasteiger charge is 2.05. The summed E-state index contributed by atoms with van der Waals surface area (Å²) in [7, 11) is 0. The van der Waals surface area contributed by atoms with Crippen LogP contribution < -0.4 is 5.56 Å². The van der Waals surface area contributed by atoms with Crippen molar-refractivity contribution in [3.8, 4) is 11.3 Å². The summed E-state index contributed by atoms with van der Waals surface area (Å²) >= 11 is 14.3. The molecule has 0 amide bonds. The molecular formula is C10H6BrClN2OS. The number of rotatable bonds is 1. The highest BCUT2D eigenvalue weighted by atomic mass is 79.9. The van der Waals surface area contributed by atoms with Gasteiger partial charge >= 0.3 is 0 Å². The third-order valence-electron chi connectivity index (χ3n) is 1.98. The number of hydrogen-bond acceptors (Lipinski definition) is 2. The Balaban J connectivity index is 2.67. The molecule has 2 aromatic rings. The van der Waals surface area contributed by atoms with E-state index in [0.717, 1.165) is 10.0 Å². The first-order chi connectivity index (χ1) is 7.56. The van der Waals surface area contributed by atoms with E-state index in [4.69, 9.17) is 23.8 Å². The van der Waals surface area contributed by atoms with Crippen molar-refractivity contribution in [3.63, 3.8) is 0 Å². The van der Waals surface area contributed by atoms with Gasteiger partial charge in [0, 0.05) is 16.1 Å². The fraction of sp³-hybridized carbons (Fsp3) is 0. The van der Waals surface area contributed by atoms with Gasteiger partial charge in [-0.2, -0.15) is 0 Å². The van der Waals surface area contributed by atoms with Gasteiger partial charge in [0.25, 0.3) is 5.56 Å². The maximum absolute atomic E-state index is 11.3. The normalized spacial score (nSPS) is 10.4. The van der Waals surface area contributed by atoms with Crippen LogP contribution in [0.4, 0.5) is 0 Å². The number of hydrogen-bond donors (Lipinski definition) is 2. The van der Waals surface area contributed by atoms with E-state index in [1.807, 2.05) is 12.1 Å². The van der Waals surface area contributed by atoms with Gasteiger partial charge in [0.1, 0.15) is 0 Å². The molecule has 0 aliphatic rings. The Kier molecular flexibility index (Phi) is 3.28. The van der Waals surface area contributed by atoms with Crippen LogP contribution in [0.15, 0.2) is 33.5 Å². The lowest BCUT2D eigenvalue weighted by Gasteiger charge is -2.04. The van der Waals surface area contributed by atoms with Gasteiger partial charge in [0.15, 0.2) is 4.77 Å². The predicted molar refractivity (Wildman–Crippen MR) is 70.4 cm³/mol. The Morgan fingerprint density at radius 3 is 2.62 bits per heavy atom. The van der Waals surface area contributed by atoms with Crippen LogP contribution in [-0.2, 0) is 0 Å². The van der Waals surface area contributed by atoms with Gasteiger partial charge in [-0.1, -0.05) is 33.6 Å². The van der Waals surface area contributed by atoms with Crippen LogP contribution in [-0.4, -0.2) is 9.97 Å². The lowest BCUT2D eigenvalue weighted by molar-refractivity contribution is 1.09. The molecule has 2 N–H and O–H groups in total. The zero-order valence-electron chi connectivity index (χ0n) is 7.88. The third kappa shape index (κ3) is 2.42. The summed E-state index contributed by atoms with van der Waals surface area (Å²) in [5, 5.41) is 0.547. The minimum absolute atomic E-state index is 0.252. The van der Waals surface area contributed by atoms with E-state index in [0.29, 0.717) is 10.7 Å². The Labute approximate surface area is 110 Å². The van der Waals surface area contributed by atoms with Gasteiger partial charge in [-0.15, -0.1) is 0 Å². The molecule has 2 rings (SSSR count). The first-order valence-corrected chi connectivity index (χ1v) is 5.93. The Hall–Kier alpha value is -0.910. The third-order valence-corrected chi connectivity index (χ3v) is 2.99. The van der Waals surface area contributed by atoms with Crippen LogP contribution in [0.1, 0.15) is 0 Å². The van der Waals surface area contributed by atoms with Crippen LogP contribution in [0.2, 0.25) is 5.02 Å². The van der Waals surface area contributed by atoms with Crippen molar-refractivity contribution in [1.82, 2.24) is 9.97 Å². The summed E-state index contributed by atoms with van der Waals surface area (Å²) in [6, 6.07) is 6.84. The first-order valence-electron chi connectivity index (χ1n) is 4.35. The minimum atomic E-state index is -0.252. The van der Waals surface area contributed by atoms with Crippen LogP contribution in [0, 0.1) is 4.77 Å². The second kappa shape index (κ2) is 4.53.